The highest BCUT2D eigenvalue weighted by Gasteiger charge is 2.12. The lowest BCUT2D eigenvalue weighted by Crippen LogP contribution is -2.20. The Morgan fingerprint density at radius 2 is 1.83 bits per heavy atom. The van der Waals surface area contributed by atoms with Crippen LogP contribution < -0.4 is 10.9 Å². The highest BCUT2D eigenvalue weighted by Crippen LogP contribution is 2.20. The molecule has 0 spiro atoms. The topological polar surface area (TPSA) is 74.8 Å². The first-order valence-electron chi connectivity index (χ1n) is 6.84. The van der Waals surface area contributed by atoms with Crippen LogP contribution in [0.2, 0.25) is 5.02 Å². The van der Waals surface area contributed by atoms with Crippen molar-refractivity contribution in [3.05, 3.63) is 82.0 Å². The standard InChI is InChI=1S/C17H12ClN3O2/c18-14-4-2-1-3-13(14)16(22)21-15-9-12(10-20-17(15)23)11-5-7-19-8-6-11/h1-10H,(H,20,23)(H,21,22). The fraction of sp³-hybridized carbons (Fsp3) is 0. The summed E-state index contributed by atoms with van der Waals surface area (Å²) < 4.78 is 0. The van der Waals surface area contributed by atoms with E-state index in [1.807, 2.05) is 12.1 Å². The third kappa shape index (κ3) is 3.30. The highest BCUT2D eigenvalue weighted by atomic mass is 35.5. The van der Waals surface area contributed by atoms with Crippen LogP contribution in [-0.2, 0) is 0 Å². The van der Waals surface area contributed by atoms with E-state index < -0.39 is 5.91 Å². The first-order valence-corrected chi connectivity index (χ1v) is 7.22. The third-order valence-electron chi connectivity index (χ3n) is 3.28. The molecule has 6 heteroatoms. The Kier molecular flexibility index (Phi) is 4.21. The van der Waals surface area contributed by atoms with Gasteiger partial charge in [-0.1, -0.05) is 23.7 Å². The lowest BCUT2D eigenvalue weighted by molar-refractivity contribution is 0.102. The van der Waals surface area contributed by atoms with Gasteiger partial charge in [0.25, 0.3) is 11.5 Å². The van der Waals surface area contributed by atoms with E-state index in [0.29, 0.717) is 10.6 Å². The van der Waals surface area contributed by atoms with Gasteiger partial charge in [-0.15, -0.1) is 0 Å². The van der Waals surface area contributed by atoms with Crippen LogP contribution in [0.3, 0.4) is 0 Å². The summed E-state index contributed by atoms with van der Waals surface area (Å²) >= 11 is 6.00. The van der Waals surface area contributed by atoms with Crippen molar-refractivity contribution in [2.75, 3.05) is 5.32 Å². The van der Waals surface area contributed by atoms with Gasteiger partial charge in [0.1, 0.15) is 5.69 Å². The Hall–Kier alpha value is -2.92. The Morgan fingerprint density at radius 3 is 2.57 bits per heavy atom. The quantitative estimate of drug-likeness (QED) is 0.775. The number of aromatic amines is 1. The largest absolute Gasteiger partial charge is 0.327 e. The summed E-state index contributed by atoms with van der Waals surface area (Å²) in [6.07, 6.45) is 4.90. The van der Waals surface area contributed by atoms with Crippen LogP contribution in [0.4, 0.5) is 5.69 Å². The zero-order valence-corrected chi connectivity index (χ0v) is 12.7. The second-order valence-corrected chi connectivity index (χ2v) is 5.21. The number of pyridine rings is 2. The number of H-pyrrole nitrogens is 1. The Bertz CT molecular complexity index is 907. The summed E-state index contributed by atoms with van der Waals surface area (Å²) in [5, 5.41) is 2.92. The predicted octanol–water partition coefficient (Wildman–Crippen LogP) is 3.34. The van der Waals surface area contributed by atoms with E-state index in [2.05, 4.69) is 15.3 Å². The number of anilines is 1. The van der Waals surface area contributed by atoms with Gasteiger partial charge in [-0.05, 0) is 35.9 Å². The predicted molar refractivity (Wildman–Crippen MR) is 89.7 cm³/mol. The maximum absolute atomic E-state index is 12.3. The average Bonchev–Trinajstić information content (AvgIpc) is 2.58. The molecule has 0 unspecified atom stereocenters. The number of amides is 1. The molecule has 0 radical (unpaired) electrons. The van der Waals surface area contributed by atoms with E-state index in [1.54, 1.807) is 48.9 Å². The highest BCUT2D eigenvalue weighted by molar-refractivity contribution is 6.34. The van der Waals surface area contributed by atoms with E-state index in [9.17, 15) is 9.59 Å². The summed E-state index contributed by atoms with van der Waals surface area (Å²) in [5.41, 5.74) is 1.72. The van der Waals surface area contributed by atoms with Gasteiger partial charge in [0.15, 0.2) is 0 Å². The summed E-state index contributed by atoms with van der Waals surface area (Å²) in [5.74, 6) is -0.437. The molecule has 5 nitrogen and oxygen atoms in total. The van der Waals surface area contributed by atoms with Gasteiger partial charge in [-0.3, -0.25) is 14.6 Å². The van der Waals surface area contributed by atoms with Crippen molar-refractivity contribution in [2.45, 2.75) is 0 Å². The van der Waals surface area contributed by atoms with Crippen LogP contribution in [0.15, 0.2) is 65.8 Å². The number of carbonyl (C=O) groups is 1. The molecule has 0 aliphatic rings. The van der Waals surface area contributed by atoms with E-state index in [1.165, 1.54) is 0 Å². The van der Waals surface area contributed by atoms with Crippen molar-refractivity contribution in [1.82, 2.24) is 9.97 Å². The molecular formula is C17H12ClN3O2. The molecule has 0 saturated carbocycles. The molecule has 1 amide bonds. The van der Waals surface area contributed by atoms with Crippen LogP contribution in [0.5, 0.6) is 0 Å². The lowest BCUT2D eigenvalue weighted by atomic mass is 10.1. The second-order valence-electron chi connectivity index (χ2n) is 4.80. The van der Waals surface area contributed by atoms with Gasteiger partial charge < -0.3 is 10.3 Å². The minimum absolute atomic E-state index is 0.157. The van der Waals surface area contributed by atoms with Crippen molar-refractivity contribution in [3.63, 3.8) is 0 Å². The molecule has 0 saturated heterocycles. The van der Waals surface area contributed by atoms with E-state index in [4.69, 9.17) is 11.6 Å². The number of benzene rings is 1. The number of halogens is 1. The minimum atomic E-state index is -0.437. The maximum Gasteiger partial charge on any atom is 0.271 e. The van der Waals surface area contributed by atoms with E-state index in [-0.39, 0.29) is 11.2 Å². The smallest absolute Gasteiger partial charge is 0.271 e. The van der Waals surface area contributed by atoms with Gasteiger partial charge >= 0.3 is 0 Å². The first kappa shape index (κ1) is 15.0. The number of nitrogens with zero attached hydrogens (tertiary/aromatic N) is 1. The fourth-order valence-electron chi connectivity index (χ4n) is 2.12. The molecule has 2 heterocycles. The van der Waals surface area contributed by atoms with E-state index in [0.717, 1.165) is 11.1 Å². The Balaban J connectivity index is 1.93. The van der Waals surface area contributed by atoms with Gasteiger partial charge in [0, 0.05) is 24.2 Å². The molecular weight excluding hydrogens is 314 g/mol. The van der Waals surface area contributed by atoms with Gasteiger partial charge in [-0.2, -0.15) is 0 Å². The Labute approximate surface area is 137 Å². The molecule has 1 aromatic carbocycles. The maximum atomic E-state index is 12.3. The molecule has 2 N–H and O–H groups in total. The number of aromatic nitrogens is 2. The minimum Gasteiger partial charge on any atom is -0.327 e. The van der Waals surface area contributed by atoms with Gasteiger partial charge in [0.05, 0.1) is 10.6 Å². The number of rotatable bonds is 3. The van der Waals surface area contributed by atoms with Crippen molar-refractivity contribution >= 4 is 23.2 Å². The SMILES string of the molecule is O=C(Nc1cc(-c2ccncc2)c[nH]c1=O)c1ccccc1Cl. The average molecular weight is 326 g/mol. The molecule has 23 heavy (non-hydrogen) atoms. The van der Waals surface area contributed by atoms with Gasteiger partial charge in [-0.25, -0.2) is 0 Å². The van der Waals surface area contributed by atoms with Crippen LogP contribution in [0, 0.1) is 0 Å². The summed E-state index contributed by atoms with van der Waals surface area (Å²) in [6.45, 7) is 0. The lowest BCUT2D eigenvalue weighted by Gasteiger charge is -2.08. The molecule has 0 aliphatic carbocycles. The van der Waals surface area contributed by atoms with Crippen molar-refractivity contribution in [3.8, 4) is 11.1 Å². The summed E-state index contributed by atoms with van der Waals surface area (Å²) in [6, 6.07) is 11.9. The zero-order valence-electron chi connectivity index (χ0n) is 11.9. The number of carbonyl (C=O) groups excluding carboxylic acids is 1. The summed E-state index contributed by atoms with van der Waals surface area (Å²) in [7, 11) is 0. The molecule has 0 fully saturated rings. The zero-order chi connectivity index (χ0) is 16.2. The fourth-order valence-corrected chi connectivity index (χ4v) is 2.34. The van der Waals surface area contributed by atoms with Crippen molar-refractivity contribution in [1.29, 1.82) is 0 Å². The van der Waals surface area contributed by atoms with Crippen LogP contribution in [-0.4, -0.2) is 15.9 Å². The number of hydrogen-bond donors (Lipinski definition) is 2. The second kappa shape index (κ2) is 6.46. The monoisotopic (exact) mass is 325 g/mol. The summed E-state index contributed by atoms with van der Waals surface area (Å²) in [4.78, 5) is 30.8. The molecule has 2 aromatic heterocycles. The van der Waals surface area contributed by atoms with Crippen LogP contribution >= 0.6 is 11.6 Å². The number of nitrogens with one attached hydrogen (secondary N) is 2. The van der Waals surface area contributed by atoms with Gasteiger partial charge in [0.2, 0.25) is 0 Å². The molecule has 3 aromatic rings. The van der Waals surface area contributed by atoms with Crippen LogP contribution in [0.1, 0.15) is 10.4 Å². The van der Waals surface area contributed by atoms with E-state index >= 15 is 0 Å². The normalized spacial score (nSPS) is 10.3. The van der Waals surface area contributed by atoms with Crippen LogP contribution in [0.25, 0.3) is 11.1 Å². The molecule has 114 valence electrons. The molecule has 3 rings (SSSR count). The molecule has 0 bridgehead atoms. The first-order chi connectivity index (χ1) is 11.1. The van der Waals surface area contributed by atoms with Crippen molar-refractivity contribution in [2.24, 2.45) is 0 Å². The Morgan fingerprint density at radius 1 is 1.09 bits per heavy atom. The van der Waals surface area contributed by atoms with Crippen molar-refractivity contribution < 1.29 is 4.79 Å². The number of hydrogen-bond acceptors (Lipinski definition) is 3. The molecule has 0 aliphatic heterocycles. The third-order valence-corrected chi connectivity index (χ3v) is 3.61. The molecule has 0 atom stereocenters.